The maximum atomic E-state index is 13.1. The molecule has 4 heteroatoms. The molecule has 0 aromatic heterocycles. The van der Waals surface area contributed by atoms with E-state index in [1.54, 1.807) is 6.07 Å². The second-order valence-corrected chi connectivity index (χ2v) is 5.47. The molecule has 0 bridgehead atoms. The number of rotatable bonds is 7. The summed E-state index contributed by atoms with van der Waals surface area (Å²) in [5.74, 6) is -1.17. The van der Waals surface area contributed by atoms with E-state index < -0.39 is 11.6 Å². The van der Waals surface area contributed by atoms with Crippen molar-refractivity contribution in [2.24, 2.45) is 5.92 Å². The lowest BCUT2D eigenvalue weighted by molar-refractivity contribution is -0.203. The molecule has 0 N–H and O–H groups in total. The molecule has 116 valence electrons. The minimum absolute atomic E-state index is 0.242. The van der Waals surface area contributed by atoms with Gasteiger partial charge in [-0.05, 0) is 43.4 Å². The number of hydrogen-bond donors (Lipinski definition) is 0. The fourth-order valence-corrected chi connectivity index (χ4v) is 2.45. The van der Waals surface area contributed by atoms with E-state index in [9.17, 15) is 8.78 Å². The van der Waals surface area contributed by atoms with Crippen molar-refractivity contribution in [3.63, 3.8) is 0 Å². The first-order chi connectivity index (χ1) is 10.2. The van der Waals surface area contributed by atoms with E-state index in [1.807, 2.05) is 6.08 Å². The zero-order valence-electron chi connectivity index (χ0n) is 12.2. The van der Waals surface area contributed by atoms with Gasteiger partial charge in [0, 0.05) is 12.3 Å². The lowest BCUT2D eigenvalue weighted by Crippen LogP contribution is -2.32. The van der Waals surface area contributed by atoms with Crippen LogP contribution in [0, 0.1) is 17.6 Å². The van der Waals surface area contributed by atoms with Gasteiger partial charge >= 0.3 is 0 Å². The summed E-state index contributed by atoms with van der Waals surface area (Å²) < 4.78 is 37.3. The third-order valence-electron chi connectivity index (χ3n) is 3.71. The molecule has 2 nitrogen and oxygen atoms in total. The van der Waals surface area contributed by atoms with Gasteiger partial charge in [-0.25, -0.2) is 8.78 Å². The highest BCUT2D eigenvalue weighted by Crippen LogP contribution is 2.20. The topological polar surface area (TPSA) is 18.5 Å². The van der Waals surface area contributed by atoms with Crippen molar-refractivity contribution >= 4 is 0 Å². The number of allylic oxidation sites excluding steroid dienone is 1. The van der Waals surface area contributed by atoms with Gasteiger partial charge in [-0.1, -0.05) is 12.1 Å². The molecule has 1 aliphatic heterocycles. The molecule has 1 aliphatic rings. The summed E-state index contributed by atoms with van der Waals surface area (Å²) in [7, 11) is 0. The molecule has 1 aromatic rings. The Kier molecular flexibility index (Phi) is 6.33. The molecule has 1 heterocycles. The van der Waals surface area contributed by atoms with E-state index in [-0.39, 0.29) is 6.29 Å². The first-order valence-corrected chi connectivity index (χ1v) is 7.47. The van der Waals surface area contributed by atoms with Crippen molar-refractivity contribution in [3.8, 4) is 0 Å². The van der Waals surface area contributed by atoms with Crippen LogP contribution < -0.4 is 0 Å². The van der Waals surface area contributed by atoms with Gasteiger partial charge in [-0.3, -0.25) is 0 Å². The Morgan fingerprint density at radius 3 is 2.57 bits per heavy atom. The maximum absolute atomic E-state index is 13.1. The molecule has 1 aromatic carbocycles. The molecule has 0 aliphatic carbocycles. The maximum Gasteiger partial charge on any atom is 0.159 e. The summed E-state index contributed by atoms with van der Waals surface area (Å²) in [6, 6.07) is 3.98. The molecule has 0 atom stereocenters. The third-order valence-corrected chi connectivity index (χ3v) is 3.71. The molecule has 0 spiro atoms. The number of aryl methyl sites for hydroxylation is 1. The number of hydrogen-bond acceptors (Lipinski definition) is 2. The third kappa shape index (κ3) is 5.21. The van der Waals surface area contributed by atoms with E-state index in [2.05, 4.69) is 6.58 Å². The number of benzene rings is 1. The Labute approximate surface area is 124 Å². The zero-order valence-corrected chi connectivity index (χ0v) is 12.2. The van der Waals surface area contributed by atoms with Crippen LogP contribution in [-0.4, -0.2) is 19.5 Å². The molecule has 1 saturated heterocycles. The summed E-state index contributed by atoms with van der Waals surface area (Å²) >= 11 is 0. The summed E-state index contributed by atoms with van der Waals surface area (Å²) in [6.45, 7) is 5.12. The van der Waals surface area contributed by atoms with Gasteiger partial charge in [0.1, 0.15) is 0 Å². The Balaban J connectivity index is 1.68. The Morgan fingerprint density at radius 1 is 1.14 bits per heavy atom. The molecule has 1 fully saturated rings. The summed E-state index contributed by atoms with van der Waals surface area (Å²) in [5.41, 5.74) is 0.759. The Bertz CT molecular complexity index is 454. The SMILES string of the molecule is C=CCCC[C@H]1CO[C@H](CCc2ccc(F)c(F)c2)OC1. The standard InChI is InChI=1S/C17H22F2O2/c1-2-3-4-5-14-11-20-17(21-12-14)9-7-13-6-8-15(18)16(19)10-13/h2,6,8,10,14,17H,1,3-5,7,9,11-12H2/t14-,17-. The van der Waals surface area contributed by atoms with E-state index in [0.717, 1.165) is 30.9 Å². The van der Waals surface area contributed by atoms with Crippen molar-refractivity contribution in [1.29, 1.82) is 0 Å². The summed E-state index contributed by atoms with van der Waals surface area (Å²) in [6.07, 6.45) is 6.18. The number of halogens is 2. The van der Waals surface area contributed by atoms with E-state index in [0.29, 0.717) is 32.0 Å². The lowest BCUT2D eigenvalue weighted by Gasteiger charge is -2.29. The lowest BCUT2D eigenvalue weighted by atomic mass is 10.0. The Morgan fingerprint density at radius 2 is 1.90 bits per heavy atom. The minimum Gasteiger partial charge on any atom is -0.352 e. The van der Waals surface area contributed by atoms with Gasteiger partial charge in [0.2, 0.25) is 0 Å². The summed E-state index contributed by atoms with van der Waals surface area (Å²) in [5, 5.41) is 0. The highest BCUT2D eigenvalue weighted by Gasteiger charge is 2.21. The highest BCUT2D eigenvalue weighted by atomic mass is 19.2. The molecular weight excluding hydrogens is 274 g/mol. The van der Waals surface area contributed by atoms with Crippen molar-refractivity contribution in [2.45, 2.75) is 38.4 Å². The van der Waals surface area contributed by atoms with Crippen LogP contribution in [0.2, 0.25) is 0 Å². The van der Waals surface area contributed by atoms with Crippen LogP contribution in [0.3, 0.4) is 0 Å². The molecule has 0 amide bonds. The van der Waals surface area contributed by atoms with Gasteiger partial charge in [0.15, 0.2) is 17.9 Å². The monoisotopic (exact) mass is 296 g/mol. The van der Waals surface area contributed by atoms with E-state index in [1.165, 1.54) is 6.07 Å². The number of unbranched alkanes of at least 4 members (excludes halogenated alkanes) is 1. The van der Waals surface area contributed by atoms with Crippen LogP contribution in [-0.2, 0) is 15.9 Å². The first kappa shape index (κ1) is 16.1. The summed E-state index contributed by atoms with van der Waals surface area (Å²) in [4.78, 5) is 0. The zero-order chi connectivity index (χ0) is 15.1. The van der Waals surface area contributed by atoms with Crippen LogP contribution in [0.1, 0.15) is 31.2 Å². The van der Waals surface area contributed by atoms with Crippen LogP contribution in [0.15, 0.2) is 30.9 Å². The van der Waals surface area contributed by atoms with Crippen LogP contribution in [0.25, 0.3) is 0 Å². The van der Waals surface area contributed by atoms with Gasteiger partial charge in [-0.15, -0.1) is 6.58 Å². The van der Waals surface area contributed by atoms with Crippen molar-refractivity contribution in [1.82, 2.24) is 0 Å². The van der Waals surface area contributed by atoms with Gasteiger partial charge in [-0.2, -0.15) is 0 Å². The molecule has 0 unspecified atom stereocenters. The second-order valence-electron chi connectivity index (χ2n) is 5.47. The van der Waals surface area contributed by atoms with E-state index in [4.69, 9.17) is 9.47 Å². The van der Waals surface area contributed by atoms with Crippen molar-refractivity contribution < 1.29 is 18.3 Å². The normalized spacial score (nSPS) is 22.2. The van der Waals surface area contributed by atoms with Crippen LogP contribution in [0.4, 0.5) is 8.78 Å². The molecular formula is C17H22F2O2. The smallest absolute Gasteiger partial charge is 0.159 e. The second kappa shape index (κ2) is 8.25. The van der Waals surface area contributed by atoms with Crippen molar-refractivity contribution in [2.75, 3.05) is 13.2 Å². The van der Waals surface area contributed by atoms with Crippen LogP contribution >= 0.6 is 0 Å². The van der Waals surface area contributed by atoms with Gasteiger partial charge in [0.25, 0.3) is 0 Å². The molecule has 2 rings (SSSR count). The largest absolute Gasteiger partial charge is 0.352 e. The molecule has 0 radical (unpaired) electrons. The first-order valence-electron chi connectivity index (χ1n) is 7.47. The highest BCUT2D eigenvalue weighted by molar-refractivity contribution is 5.17. The predicted molar refractivity (Wildman–Crippen MR) is 77.9 cm³/mol. The number of ether oxygens (including phenoxy) is 2. The quantitative estimate of drug-likeness (QED) is 0.553. The predicted octanol–water partition coefficient (Wildman–Crippen LogP) is 4.24. The van der Waals surface area contributed by atoms with Crippen LogP contribution in [0.5, 0.6) is 0 Å². The fraction of sp³-hybridized carbons (Fsp3) is 0.529. The van der Waals surface area contributed by atoms with Crippen molar-refractivity contribution in [3.05, 3.63) is 48.1 Å². The molecule has 21 heavy (non-hydrogen) atoms. The van der Waals surface area contributed by atoms with Gasteiger partial charge in [0.05, 0.1) is 13.2 Å². The molecule has 0 saturated carbocycles. The fourth-order valence-electron chi connectivity index (χ4n) is 2.45. The minimum atomic E-state index is -0.814. The average molecular weight is 296 g/mol. The van der Waals surface area contributed by atoms with Gasteiger partial charge < -0.3 is 9.47 Å². The Hall–Kier alpha value is -1.26. The average Bonchev–Trinajstić information content (AvgIpc) is 2.50. The van der Waals surface area contributed by atoms with E-state index >= 15 is 0 Å².